The molecule has 1 aliphatic carbocycles. The van der Waals surface area contributed by atoms with E-state index in [-0.39, 0.29) is 0 Å². The van der Waals surface area contributed by atoms with Gasteiger partial charge in [-0.25, -0.2) is 4.98 Å². The highest BCUT2D eigenvalue weighted by atomic mass is 35.5. The van der Waals surface area contributed by atoms with E-state index in [4.69, 9.17) is 11.6 Å². The zero-order chi connectivity index (χ0) is 11.0. The second-order valence-electron chi connectivity index (χ2n) is 4.70. The van der Waals surface area contributed by atoms with Crippen molar-refractivity contribution in [3.63, 3.8) is 0 Å². The van der Waals surface area contributed by atoms with Crippen molar-refractivity contribution >= 4 is 17.4 Å². The normalized spacial score (nSPS) is 25.9. The summed E-state index contributed by atoms with van der Waals surface area (Å²) >= 11 is 5.86. The molecule has 1 unspecified atom stereocenters. The van der Waals surface area contributed by atoms with Gasteiger partial charge in [-0.1, -0.05) is 17.7 Å². The summed E-state index contributed by atoms with van der Waals surface area (Å²) in [5.74, 6) is 0.898. The van der Waals surface area contributed by atoms with Crippen molar-refractivity contribution in [1.29, 1.82) is 0 Å². The van der Waals surface area contributed by atoms with Gasteiger partial charge in [0, 0.05) is 25.2 Å². The van der Waals surface area contributed by atoms with E-state index in [9.17, 15) is 0 Å². The zero-order valence-electron chi connectivity index (χ0n) is 9.19. The molecule has 1 saturated heterocycles. The summed E-state index contributed by atoms with van der Waals surface area (Å²) in [7, 11) is 0. The van der Waals surface area contributed by atoms with Crippen LogP contribution in [-0.2, 0) is 0 Å². The molecule has 1 saturated carbocycles. The van der Waals surface area contributed by atoms with E-state index in [1.165, 1.54) is 25.8 Å². The molecule has 1 N–H and O–H groups in total. The molecule has 4 heteroatoms. The summed E-state index contributed by atoms with van der Waals surface area (Å²) in [5, 5.41) is 4.01. The van der Waals surface area contributed by atoms with Gasteiger partial charge in [0.05, 0.1) is 0 Å². The molecule has 0 amide bonds. The van der Waals surface area contributed by atoms with Crippen LogP contribution >= 0.6 is 11.6 Å². The number of hydrogen-bond donors (Lipinski definition) is 1. The summed E-state index contributed by atoms with van der Waals surface area (Å²) in [6, 6.07) is 7.13. The minimum absolute atomic E-state index is 0.534. The Morgan fingerprint density at radius 3 is 2.94 bits per heavy atom. The van der Waals surface area contributed by atoms with E-state index < -0.39 is 0 Å². The van der Waals surface area contributed by atoms with Gasteiger partial charge < -0.3 is 5.32 Å². The molecule has 2 heterocycles. The van der Waals surface area contributed by atoms with Gasteiger partial charge in [0.25, 0.3) is 0 Å². The van der Waals surface area contributed by atoms with Crippen molar-refractivity contribution in [2.45, 2.75) is 31.3 Å². The Morgan fingerprint density at radius 2 is 2.19 bits per heavy atom. The van der Waals surface area contributed by atoms with E-state index in [2.05, 4.69) is 15.2 Å². The molecule has 16 heavy (non-hydrogen) atoms. The summed E-state index contributed by atoms with van der Waals surface area (Å²) in [6.07, 6.45) is 4.00. The minimum Gasteiger partial charge on any atom is -0.366 e. The number of anilines is 1. The van der Waals surface area contributed by atoms with Gasteiger partial charge in [0.2, 0.25) is 0 Å². The van der Waals surface area contributed by atoms with Crippen molar-refractivity contribution in [2.24, 2.45) is 0 Å². The lowest BCUT2D eigenvalue weighted by atomic mass is 10.2. The largest absolute Gasteiger partial charge is 0.366 e. The topological polar surface area (TPSA) is 28.2 Å². The fourth-order valence-electron chi connectivity index (χ4n) is 2.37. The quantitative estimate of drug-likeness (QED) is 0.819. The van der Waals surface area contributed by atoms with Crippen molar-refractivity contribution in [1.82, 2.24) is 9.88 Å². The maximum atomic E-state index is 5.86. The highest BCUT2D eigenvalue weighted by Crippen LogP contribution is 2.30. The van der Waals surface area contributed by atoms with Crippen LogP contribution in [0.15, 0.2) is 18.2 Å². The Morgan fingerprint density at radius 1 is 1.31 bits per heavy atom. The Labute approximate surface area is 101 Å². The summed E-state index contributed by atoms with van der Waals surface area (Å²) < 4.78 is 0. The summed E-state index contributed by atoms with van der Waals surface area (Å²) in [5.41, 5.74) is 0. The standard InChI is InChI=1S/C12H16ClN3/c13-11-2-1-3-12(15-11)14-9-6-7-16(8-9)10-4-5-10/h1-3,9-10H,4-8H2,(H,14,15). The number of rotatable bonds is 3. The number of nitrogens with zero attached hydrogens (tertiary/aromatic N) is 2. The van der Waals surface area contributed by atoms with Crippen LogP contribution in [0, 0.1) is 0 Å². The SMILES string of the molecule is Clc1cccc(NC2CCN(C3CC3)C2)n1. The first-order valence-corrected chi connectivity index (χ1v) is 6.32. The van der Waals surface area contributed by atoms with Gasteiger partial charge in [-0.05, 0) is 31.4 Å². The highest BCUT2D eigenvalue weighted by molar-refractivity contribution is 6.29. The third-order valence-corrected chi connectivity index (χ3v) is 3.56. The van der Waals surface area contributed by atoms with Crippen molar-refractivity contribution in [3.05, 3.63) is 23.4 Å². The lowest BCUT2D eigenvalue weighted by molar-refractivity contribution is 0.326. The molecule has 0 radical (unpaired) electrons. The lowest BCUT2D eigenvalue weighted by Gasteiger charge is -2.16. The molecule has 3 nitrogen and oxygen atoms in total. The summed E-state index contributed by atoms with van der Waals surface area (Å²) in [6.45, 7) is 2.38. The van der Waals surface area contributed by atoms with Gasteiger partial charge in [0.1, 0.15) is 11.0 Å². The molecule has 1 aromatic rings. The molecule has 3 rings (SSSR count). The molecular weight excluding hydrogens is 222 g/mol. The average molecular weight is 238 g/mol. The van der Waals surface area contributed by atoms with Crippen LogP contribution in [-0.4, -0.2) is 35.1 Å². The molecule has 1 aliphatic heterocycles. The third-order valence-electron chi connectivity index (χ3n) is 3.35. The second-order valence-corrected chi connectivity index (χ2v) is 5.09. The average Bonchev–Trinajstić information content (AvgIpc) is 3.01. The van der Waals surface area contributed by atoms with Crippen molar-refractivity contribution in [3.8, 4) is 0 Å². The van der Waals surface area contributed by atoms with E-state index in [1.807, 2.05) is 12.1 Å². The van der Waals surface area contributed by atoms with Crippen LogP contribution in [0.4, 0.5) is 5.82 Å². The molecule has 0 spiro atoms. The first kappa shape index (κ1) is 10.4. The van der Waals surface area contributed by atoms with E-state index in [0.29, 0.717) is 11.2 Å². The number of likely N-dealkylation sites (tertiary alicyclic amines) is 1. The predicted octanol–water partition coefficient (Wildman–Crippen LogP) is 2.38. The molecule has 86 valence electrons. The van der Waals surface area contributed by atoms with Gasteiger partial charge in [-0.3, -0.25) is 4.90 Å². The maximum Gasteiger partial charge on any atom is 0.131 e. The van der Waals surface area contributed by atoms with Crippen LogP contribution in [0.3, 0.4) is 0 Å². The molecular formula is C12H16ClN3. The minimum atomic E-state index is 0.534. The van der Waals surface area contributed by atoms with E-state index in [0.717, 1.165) is 18.4 Å². The molecule has 0 bridgehead atoms. The van der Waals surface area contributed by atoms with Gasteiger partial charge in [0.15, 0.2) is 0 Å². The van der Waals surface area contributed by atoms with E-state index in [1.54, 1.807) is 6.07 Å². The predicted molar refractivity (Wildman–Crippen MR) is 65.9 cm³/mol. The van der Waals surface area contributed by atoms with Crippen molar-refractivity contribution in [2.75, 3.05) is 18.4 Å². The lowest BCUT2D eigenvalue weighted by Crippen LogP contribution is -2.27. The smallest absolute Gasteiger partial charge is 0.131 e. The van der Waals surface area contributed by atoms with Crippen LogP contribution in [0.25, 0.3) is 0 Å². The monoisotopic (exact) mass is 237 g/mol. The van der Waals surface area contributed by atoms with Gasteiger partial charge >= 0.3 is 0 Å². The Kier molecular flexibility index (Phi) is 2.74. The molecule has 2 fully saturated rings. The van der Waals surface area contributed by atoms with Crippen LogP contribution in [0.1, 0.15) is 19.3 Å². The molecule has 1 atom stereocenters. The third kappa shape index (κ3) is 2.30. The van der Waals surface area contributed by atoms with Crippen LogP contribution in [0.2, 0.25) is 5.15 Å². The molecule has 0 aromatic carbocycles. The van der Waals surface area contributed by atoms with Gasteiger partial charge in [-0.2, -0.15) is 0 Å². The van der Waals surface area contributed by atoms with Crippen molar-refractivity contribution < 1.29 is 0 Å². The Bertz CT molecular complexity index is 378. The maximum absolute atomic E-state index is 5.86. The van der Waals surface area contributed by atoms with E-state index >= 15 is 0 Å². The number of pyridine rings is 1. The fraction of sp³-hybridized carbons (Fsp3) is 0.583. The zero-order valence-corrected chi connectivity index (χ0v) is 9.95. The van der Waals surface area contributed by atoms with Gasteiger partial charge in [-0.15, -0.1) is 0 Å². The number of nitrogens with one attached hydrogen (secondary N) is 1. The highest BCUT2D eigenvalue weighted by Gasteiger charge is 2.34. The fourth-order valence-corrected chi connectivity index (χ4v) is 2.54. The second kappa shape index (κ2) is 4.22. The first-order chi connectivity index (χ1) is 7.81. The first-order valence-electron chi connectivity index (χ1n) is 5.94. The van der Waals surface area contributed by atoms with Crippen LogP contribution < -0.4 is 5.32 Å². The number of aromatic nitrogens is 1. The Balaban J connectivity index is 1.59. The summed E-state index contributed by atoms with van der Waals surface area (Å²) in [4.78, 5) is 6.84. The number of halogens is 1. The van der Waals surface area contributed by atoms with Crippen LogP contribution in [0.5, 0.6) is 0 Å². The number of hydrogen-bond acceptors (Lipinski definition) is 3. The molecule has 1 aromatic heterocycles. The molecule has 2 aliphatic rings. The Hall–Kier alpha value is -0.800.